The number of benzene rings is 1. The van der Waals surface area contributed by atoms with Crippen molar-refractivity contribution in [3.05, 3.63) is 35.9 Å². The first-order chi connectivity index (χ1) is 7.22. The van der Waals surface area contributed by atoms with Gasteiger partial charge in [-0.15, -0.1) is 0 Å². The summed E-state index contributed by atoms with van der Waals surface area (Å²) in [5, 5.41) is 10.2. The van der Waals surface area contributed by atoms with Crippen LogP contribution in [0.5, 0.6) is 0 Å². The van der Waals surface area contributed by atoms with Crippen molar-refractivity contribution in [2.24, 2.45) is 0 Å². The molecule has 0 saturated carbocycles. The smallest absolute Gasteiger partial charge is 0.162 e. The van der Waals surface area contributed by atoms with Gasteiger partial charge in [0, 0.05) is 6.42 Å². The number of aliphatic hydroxyl groups excluding tert-OH is 1. The summed E-state index contributed by atoms with van der Waals surface area (Å²) in [5.74, 6) is 0. The summed E-state index contributed by atoms with van der Waals surface area (Å²) in [6.07, 6.45) is 0.595. The van der Waals surface area contributed by atoms with Crippen LogP contribution in [-0.2, 0) is 11.2 Å². The van der Waals surface area contributed by atoms with Crippen LogP contribution in [0.1, 0.15) is 18.9 Å². The number of aliphatic hydroxyl groups is 1. The first-order valence-corrected chi connectivity index (χ1v) is 5.50. The second-order valence-electron chi connectivity index (χ2n) is 3.35. The molecule has 1 aromatic carbocycles. The molecule has 0 aliphatic heterocycles. The summed E-state index contributed by atoms with van der Waals surface area (Å²) < 4.78 is 5.12. The van der Waals surface area contributed by atoms with Gasteiger partial charge in [0.15, 0.2) is 5.05 Å². The molecular weight excluding hydrogens is 208 g/mol. The highest BCUT2D eigenvalue weighted by atomic mass is 32.1. The van der Waals surface area contributed by atoms with Crippen molar-refractivity contribution in [3.63, 3.8) is 0 Å². The fourth-order valence-electron chi connectivity index (χ4n) is 1.37. The van der Waals surface area contributed by atoms with Gasteiger partial charge in [-0.2, -0.15) is 0 Å². The van der Waals surface area contributed by atoms with Crippen molar-refractivity contribution in [1.82, 2.24) is 0 Å². The van der Waals surface area contributed by atoms with E-state index in [4.69, 9.17) is 17.0 Å². The van der Waals surface area contributed by atoms with E-state index in [2.05, 4.69) is 0 Å². The van der Waals surface area contributed by atoms with Gasteiger partial charge in [-0.3, -0.25) is 0 Å². The molecule has 1 unspecified atom stereocenters. The highest BCUT2D eigenvalue weighted by Crippen LogP contribution is 2.06. The van der Waals surface area contributed by atoms with Gasteiger partial charge >= 0.3 is 0 Å². The van der Waals surface area contributed by atoms with Gasteiger partial charge in [-0.05, 0) is 31.1 Å². The molecule has 1 rings (SSSR count). The molecule has 0 aliphatic rings. The van der Waals surface area contributed by atoms with E-state index in [9.17, 15) is 5.11 Å². The van der Waals surface area contributed by atoms with E-state index in [-0.39, 0.29) is 0 Å². The maximum Gasteiger partial charge on any atom is 0.162 e. The van der Waals surface area contributed by atoms with Crippen LogP contribution in [0.2, 0.25) is 0 Å². The summed E-state index contributed by atoms with van der Waals surface area (Å²) in [6.45, 7) is 2.45. The van der Waals surface area contributed by atoms with Crippen LogP contribution < -0.4 is 0 Å². The van der Waals surface area contributed by atoms with Gasteiger partial charge in [-0.25, -0.2) is 0 Å². The van der Waals surface area contributed by atoms with Gasteiger partial charge in [0.1, 0.15) is 0 Å². The Morgan fingerprint density at radius 3 is 2.67 bits per heavy atom. The van der Waals surface area contributed by atoms with Gasteiger partial charge in [-0.1, -0.05) is 30.3 Å². The molecule has 1 atom stereocenters. The van der Waals surface area contributed by atoms with Crippen LogP contribution in [0.4, 0.5) is 0 Å². The summed E-state index contributed by atoms with van der Waals surface area (Å²) in [5.41, 5.74) is 1.12. The molecule has 0 aliphatic carbocycles. The third-order valence-corrected chi connectivity index (χ3v) is 2.31. The molecule has 0 radical (unpaired) electrons. The number of thiocarbonyl (C=S) groups is 1. The highest BCUT2D eigenvalue weighted by Gasteiger charge is 2.08. The van der Waals surface area contributed by atoms with E-state index in [0.717, 1.165) is 5.56 Å². The molecule has 15 heavy (non-hydrogen) atoms. The van der Waals surface area contributed by atoms with Crippen molar-refractivity contribution in [1.29, 1.82) is 0 Å². The Labute approximate surface area is 95.9 Å². The number of ether oxygens (including phenoxy) is 1. The van der Waals surface area contributed by atoms with Crippen LogP contribution >= 0.6 is 12.2 Å². The number of hydrogen-bond donors (Lipinski definition) is 1. The van der Waals surface area contributed by atoms with Gasteiger partial charge in [0.05, 0.1) is 12.7 Å². The highest BCUT2D eigenvalue weighted by molar-refractivity contribution is 7.80. The zero-order valence-corrected chi connectivity index (χ0v) is 9.67. The monoisotopic (exact) mass is 224 g/mol. The van der Waals surface area contributed by atoms with Crippen LogP contribution in [0.15, 0.2) is 30.3 Å². The Balaban J connectivity index is 2.36. The molecule has 2 nitrogen and oxygen atoms in total. The molecule has 82 valence electrons. The van der Waals surface area contributed by atoms with E-state index in [1.807, 2.05) is 37.3 Å². The molecule has 3 heteroatoms. The van der Waals surface area contributed by atoms with E-state index in [0.29, 0.717) is 24.5 Å². The van der Waals surface area contributed by atoms with Crippen LogP contribution in [0.25, 0.3) is 0 Å². The molecule has 0 heterocycles. The molecule has 0 spiro atoms. The fraction of sp³-hybridized carbons (Fsp3) is 0.417. The largest absolute Gasteiger partial charge is 0.487 e. The quantitative estimate of drug-likeness (QED) is 0.778. The first-order valence-electron chi connectivity index (χ1n) is 5.10. The minimum Gasteiger partial charge on any atom is -0.487 e. The minimum absolute atomic E-state index is 0.429. The topological polar surface area (TPSA) is 29.5 Å². The van der Waals surface area contributed by atoms with E-state index in [1.165, 1.54) is 0 Å². The normalized spacial score (nSPS) is 12.1. The Morgan fingerprint density at radius 2 is 2.07 bits per heavy atom. The Kier molecular flexibility index (Phi) is 5.29. The maximum atomic E-state index is 9.73. The molecule has 0 fully saturated rings. The molecule has 0 bridgehead atoms. The van der Waals surface area contributed by atoms with Crippen molar-refractivity contribution < 1.29 is 9.84 Å². The fourth-order valence-corrected chi connectivity index (χ4v) is 1.68. The van der Waals surface area contributed by atoms with Gasteiger partial charge < -0.3 is 9.84 Å². The Bertz CT molecular complexity index is 298. The lowest BCUT2D eigenvalue weighted by Gasteiger charge is -2.11. The van der Waals surface area contributed by atoms with Crippen molar-refractivity contribution in [2.75, 3.05) is 6.61 Å². The van der Waals surface area contributed by atoms with Gasteiger partial charge in [0.25, 0.3) is 0 Å². The van der Waals surface area contributed by atoms with E-state index >= 15 is 0 Å². The third-order valence-electron chi connectivity index (χ3n) is 2.02. The van der Waals surface area contributed by atoms with E-state index in [1.54, 1.807) is 0 Å². The third kappa shape index (κ3) is 4.91. The second-order valence-corrected chi connectivity index (χ2v) is 3.81. The molecule has 0 amide bonds. The van der Waals surface area contributed by atoms with Crippen LogP contribution in [-0.4, -0.2) is 22.9 Å². The van der Waals surface area contributed by atoms with Gasteiger partial charge in [0.2, 0.25) is 0 Å². The lowest BCUT2D eigenvalue weighted by atomic mass is 10.1. The summed E-state index contributed by atoms with van der Waals surface area (Å²) >= 11 is 4.96. The van der Waals surface area contributed by atoms with Crippen molar-refractivity contribution >= 4 is 17.3 Å². The average Bonchev–Trinajstić information content (AvgIpc) is 2.19. The number of rotatable bonds is 5. The first kappa shape index (κ1) is 12.1. The summed E-state index contributed by atoms with van der Waals surface area (Å²) in [4.78, 5) is 0. The Morgan fingerprint density at radius 1 is 1.40 bits per heavy atom. The standard InChI is InChI=1S/C12H16O2S/c1-2-14-12(15)9-11(13)8-10-6-4-3-5-7-10/h3-7,11,13H,2,8-9H2,1H3. The predicted molar refractivity (Wildman–Crippen MR) is 65.0 cm³/mol. The maximum absolute atomic E-state index is 9.73. The minimum atomic E-state index is -0.452. The number of hydrogen-bond acceptors (Lipinski definition) is 3. The zero-order chi connectivity index (χ0) is 11.1. The predicted octanol–water partition coefficient (Wildman–Crippen LogP) is 2.34. The zero-order valence-electron chi connectivity index (χ0n) is 8.85. The molecule has 1 aromatic rings. The SMILES string of the molecule is CCOC(=S)CC(O)Cc1ccccc1. The summed E-state index contributed by atoms with van der Waals surface area (Å²) in [7, 11) is 0. The van der Waals surface area contributed by atoms with Crippen LogP contribution in [0.3, 0.4) is 0 Å². The second kappa shape index (κ2) is 6.53. The lowest BCUT2D eigenvalue weighted by molar-refractivity contribution is 0.173. The molecule has 0 saturated heterocycles. The summed E-state index contributed by atoms with van der Waals surface area (Å²) in [6, 6.07) is 9.87. The Hall–Kier alpha value is -0.930. The van der Waals surface area contributed by atoms with Crippen molar-refractivity contribution in [3.8, 4) is 0 Å². The average molecular weight is 224 g/mol. The van der Waals surface area contributed by atoms with E-state index < -0.39 is 6.10 Å². The van der Waals surface area contributed by atoms with Crippen molar-refractivity contribution in [2.45, 2.75) is 25.9 Å². The van der Waals surface area contributed by atoms with Crippen LogP contribution in [0, 0.1) is 0 Å². The molecule has 0 aromatic heterocycles. The molecular formula is C12H16O2S. The molecule has 1 N–H and O–H groups in total. The lowest BCUT2D eigenvalue weighted by Crippen LogP contribution is -2.16.